The Bertz CT molecular complexity index is 271. The van der Waals surface area contributed by atoms with E-state index in [1.807, 2.05) is 0 Å². The summed E-state index contributed by atoms with van der Waals surface area (Å²) in [4.78, 5) is 5.40. The lowest BCUT2D eigenvalue weighted by molar-refractivity contribution is 0.00240. The van der Waals surface area contributed by atoms with Gasteiger partial charge in [0.05, 0.1) is 0 Å². The first-order valence-corrected chi connectivity index (χ1v) is 7.36. The van der Waals surface area contributed by atoms with Crippen molar-refractivity contribution in [3.63, 3.8) is 0 Å². The second kappa shape index (κ2) is 4.52. The Hall–Kier alpha value is -0.120. The van der Waals surface area contributed by atoms with Crippen LogP contribution in [-0.4, -0.2) is 54.6 Å². The van der Waals surface area contributed by atoms with Gasteiger partial charge in [-0.05, 0) is 64.6 Å². The van der Waals surface area contributed by atoms with Crippen molar-refractivity contribution in [1.82, 2.24) is 9.80 Å². The molecule has 0 aromatic carbocycles. The van der Waals surface area contributed by atoms with Crippen LogP contribution in [0.4, 0.5) is 0 Å². The highest BCUT2D eigenvalue weighted by atomic mass is 15.3. The van der Waals surface area contributed by atoms with E-state index in [0.717, 1.165) is 23.9 Å². The quantitative estimate of drug-likeness (QED) is 0.799. The maximum absolute atomic E-state index is 5.93. The fraction of sp³-hybridized carbons (Fsp3) is 1.00. The summed E-state index contributed by atoms with van der Waals surface area (Å²) in [6, 6.07) is 1.98. The number of nitrogens with two attached hydrogens (primary N) is 1. The lowest BCUT2D eigenvalue weighted by Crippen LogP contribution is -2.57. The minimum atomic E-state index is 0.359. The second-order valence-corrected chi connectivity index (χ2v) is 6.59. The molecule has 0 amide bonds. The van der Waals surface area contributed by atoms with Crippen LogP contribution in [0.15, 0.2) is 0 Å². The van der Waals surface area contributed by atoms with Crippen LogP contribution in [0.2, 0.25) is 0 Å². The topological polar surface area (TPSA) is 32.5 Å². The molecule has 4 fully saturated rings. The van der Waals surface area contributed by atoms with Crippen LogP contribution >= 0.6 is 0 Å². The average molecular weight is 237 g/mol. The van der Waals surface area contributed by atoms with Crippen LogP contribution in [0.5, 0.6) is 0 Å². The van der Waals surface area contributed by atoms with Gasteiger partial charge in [-0.1, -0.05) is 0 Å². The van der Waals surface area contributed by atoms with Crippen molar-refractivity contribution in [1.29, 1.82) is 0 Å². The monoisotopic (exact) mass is 237 g/mol. The van der Waals surface area contributed by atoms with Crippen LogP contribution in [0.25, 0.3) is 0 Å². The molecule has 4 unspecified atom stereocenters. The van der Waals surface area contributed by atoms with Crippen LogP contribution in [0.1, 0.15) is 32.6 Å². The number of nitrogens with zero attached hydrogens (tertiary/aromatic N) is 2. The Morgan fingerprint density at radius 2 is 2.00 bits per heavy atom. The number of fused-ring (bicyclic) bond motifs is 2. The lowest BCUT2D eigenvalue weighted by atomic mass is 9.73. The maximum Gasteiger partial charge on any atom is 0.0294 e. The van der Waals surface area contributed by atoms with Gasteiger partial charge in [0.2, 0.25) is 0 Å². The molecule has 0 aromatic rings. The fourth-order valence-electron chi connectivity index (χ4n) is 4.53. The molecule has 0 saturated carbocycles. The summed E-state index contributed by atoms with van der Waals surface area (Å²) in [5, 5.41) is 0. The molecule has 4 saturated heterocycles. The molecule has 0 spiro atoms. The van der Waals surface area contributed by atoms with E-state index >= 15 is 0 Å². The molecule has 0 aromatic heterocycles. The molecule has 17 heavy (non-hydrogen) atoms. The van der Waals surface area contributed by atoms with Gasteiger partial charge in [0.25, 0.3) is 0 Å². The van der Waals surface area contributed by atoms with Crippen molar-refractivity contribution in [2.75, 3.05) is 26.7 Å². The molecule has 98 valence electrons. The molecule has 4 atom stereocenters. The number of piperidine rings is 3. The van der Waals surface area contributed by atoms with E-state index in [-0.39, 0.29) is 0 Å². The van der Waals surface area contributed by atoms with Crippen molar-refractivity contribution in [3.05, 3.63) is 0 Å². The third-order valence-corrected chi connectivity index (χ3v) is 5.42. The minimum absolute atomic E-state index is 0.359. The molecule has 2 bridgehead atoms. The molecule has 4 aliphatic rings. The SMILES string of the molecule is CC(N)CCC1C2C(CN1C)C1CCN2CC1. The predicted molar refractivity (Wildman–Crippen MR) is 70.9 cm³/mol. The van der Waals surface area contributed by atoms with E-state index in [0.29, 0.717) is 6.04 Å². The summed E-state index contributed by atoms with van der Waals surface area (Å²) < 4.78 is 0. The van der Waals surface area contributed by atoms with Crippen molar-refractivity contribution in [3.8, 4) is 0 Å². The molecule has 2 N–H and O–H groups in total. The third-order valence-electron chi connectivity index (χ3n) is 5.42. The molecule has 0 aliphatic carbocycles. The summed E-state index contributed by atoms with van der Waals surface area (Å²) in [6.45, 7) is 6.18. The van der Waals surface area contributed by atoms with Gasteiger partial charge in [-0.3, -0.25) is 4.90 Å². The summed E-state index contributed by atoms with van der Waals surface area (Å²) >= 11 is 0. The number of hydrogen-bond acceptors (Lipinski definition) is 3. The highest BCUT2D eigenvalue weighted by molar-refractivity contribution is 5.05. The van der Waals surface area contributed by atoms with Crippen LogP contribution in [0, 0.1) is 11.8 Å². The van der Waals surface area contributed by atoms with Crippen LogP contribution in [0.3, 0.4) is 0 Å². The Balaban J connectivity index is 1.71. The number of likely N-dealkylation sites (tertiary alicyclic amines) is 1. The zero-order chi connectivity index (χ0) is 12.0. The van der Waals surface area contributed by atoms with Crippen molar-refractivity contribution >= 4 is 0 Å². The van der Waals surface area contributed by atoms with Crippen molar-refractivity contribution in [2.24, 2.45) is 17.6 Å². The minimum Gasteiger partial charge on any atom is -0.328 e. The largest absolute Gasteiger partial charge is 0.328 e. The first-order chi connectivity index (χ1) is 8.16. The molecule has 4 heterocycles. The standard InChI is InChI=1S/C14H27N3/c1-10(15)3-4-13-14-12(9-16(13)2)11-5-7-17(14)8-6-11/h10-14H,3-9,15H2,1-2H3. The number of rotatable bonds is 3. The van der Waals surface area contributed by atoms with E-state index in [9.17, 15) is 0 Å². The molecule has 4 rings (SSSR count). The maximum atomic E-state index is 5.93. The first kappa shape index (κ1) is 11.9. The molecular formula is C14H27N3. The molecule has 3 nitrogen and oxygen atoms in total. The third kappa shape index (κ3) is 2.02. The van der Waals surface area contributed by atoms with Gasteiger partial charge in [0, 0.05) is 24.7 Å². The summed E-state index contributed by atoms with van der Waals surface area (Å²) in [5.74, 6) is 1.98. The summed E-state index contributed by atoms with van der Waals surface area (Å²) in [5.41, 5.74) is 5.93. The highest BCUT2D eigenvalue weighted by Crippen LogP contribution is 2.44. The van der Waals surface area contributed by atoms with E-state index in [1.165, 1.54) is 45.3 Å². The fourth-order valence-corrected chi connectivity index (χ4v) is 4.53. The molecule has 4 aliphatic heterocycles. The van der Waals surface area contributed by atoms with Gasteiger partial charge >= 0.3 is 0 Å². The Morgan fingerprint density at radius 3 is 2.65 bits per heavy atom. The van der Waals surface area contributed by atoms with Gasteiger partial charge in [-0.25, -0.2) is 0 Å². The van der Waals surface area contributed by atoms with Crippen LogP contribution < -0.4 is 5.73 Å². The molecule has 3 heteroatoms. The zero-order valence-corrected chi connectivity index (χ0v) is 11.3. The van der Waals surface area contributed by atoms with E-state index in [4.69, 9.17) is 5.73 Å². The summed E-state index contributed by atoms with van der Waals surface area (Å²) in [6.07, 6.45) is 5.37. The molecular weight excluding hydrogens is 210 g/mol. The van der Waals surface area contributed by atoms with Gasteiger partial charge in [0.1, 0.15) is 0 Å². The second-order valence-electron chi connectivity index (χ2n) is 6.59. The highest BCUT2D eigenvalue weighted by Gasteiger charge is 2.50. The van der Waals surface area contributed by atoms with Crippen molar-refractivity contribution in [2.45, 2.75) is 50.7 Å². The zero-order valence-electron chi connectivity index (χ0n) is 11.3. The number of hydrogen-bond donors (Lipinski definition) is 1. The van der Waals surface area contributed by atoms with Crippen molar-refractivity contribution < 1.29 is 0 Å². The van der Waals surface area contributed by atoms with Crippen LogP contribution in [-0.2, 0) is 0 Å². The lowest BCUT2D eigenvalue weighted by Gasteiger charge is -2.49. The Labute approximate surface area is 105 Å². The predicted octanol–water partition coefficient (Wildman–Crippen LogP) is 1.14. The van der Waals surface area contributed by atoms with Gasteiger partial charge in [-0.15, -0.1) is 0 Å². The van der Waals surface area contributed by atoms with E-state index < -0.39 is 0 Å². The first-order valence-electron chi connectivity index (χ1n) is 7.36. The Morgan fingerprint density at radius 1 is 1.29 bits per heavy atom. The summed E-state index contributed by atoms with van der Waals surface area (Å²) in [7, 11) is 2.32. The Kier molecular flexibility index (Phi) is 3.18. The smallest absolute Gasteiger partial charge is 0.0294 e. The van der Waals surface area contributed by atoms with Gasteiger partial charge in [-0.2, -0.15) is 0 Å². The average Bonchev–Trinajstić information content (AvgIpc) is 2.66. The van der Waals surface area contributed by atoms with Gasteiger partial charge < -0.3 is 10.6 Å². The van der Waals surface area contributed by atoms with E-state index in [2.05, 4.69) is 23.8 Å². The number of likely N-dealkylation sites (N-methyl/N-ethyl adjacent to an activating group) is 1. The molecule has 0 radical (unpaired) electrons. The normalized spacial score (nSPS) is 47.1. The van der Waals surface area contributed by atoms with Gasteiger partial charge in [0.15, 0.2) is 0 Å². The van der Waals surface area contributed by atoms with E-state index in [1.54, 1.807) is 0 Å².